The molecule has 0 fully saturated rings. The average Bonchev–Trinajstić information content (AvgIpc) is 2.35. The van der Waals surface area contributed by atoms with E-state index in [1.165, 1.54) is 0 Å². The van der Waals surface area contributed by atoms with Crippen LogP contribution in [0, 0.1) is 20.8 Å². The van der Waals surface area contributed by atoms with Crippen LogP contribution in [0.25, 0.3) is 0 Å². The maximum atomic E-state index is 11.9. The molecule has 2 N–H and O–H groups in total. The molecule has 1 aromatic carbocycles. The lowest BCUT2D eigenvalue weighted by atomic mass is 10.1. The quantitative estimate of drug-likeness (QED) is 0.860. The minimum atomic E-state index is -0.285. The Kier molecular flexibility index (Phi) is 3.80. The summed E-state index contributed by atoms with van der Waals surface area (Å²) in [6.07, 6.45) is 0. The summed E-state index contributed by atoms with van der Waals surface area (Å²) in [6.45, 7) is 5.88. The molecule has 0 aliphatic rings. The molecule has 2 rings (SSSR count). The Labute approximate surface area is 112 Å². The van der Waals surface area contributed by atoms with Crippen molar-refractivity contribution < 1.29 is 4.79 Å². The van der Waals surface area contributed by atoms with Crippen LogP contribution in [-0.2, 0) is 0 Å². The van der Waals surface area contributed by atoms with Gasteiger partial charge in [0.1, 0.15) is 5.82 Å². The van der Waals surface area contributed by atoms with Gasteiger partial charge in [-0.3, -0.25) is 5.32 Å². The molecule has 2 aromatic rings. The number of pyridine rings is 1. The summed E-state index contributed by atoms with van der Waals surface area (Å²) < 4.78 is 0. The van der Waals surface area contributed by atoms with Gasteiger partial charge in [-0.15, -0.1) is 0 Å². The maximum Gasteiger partial charge on any atom is 0.324 e. The highest BCUT2D eigenvalue weighted by molar-refractivity contribution is 5.99. The predicted molar refractivity (Wildman–Crippen MR) is 77.5 cm³/mol. The van der Waals surface area contributed by atoms with E-state index in [-0.39, 0.29) is 6.03 Å². The Hall–Kier alpha value is -2.36. The molecule has 4 heteroatoms. The lowest BCUT2D eigenvalue weighted by molar-refractivity contribution is 0.262. The normalized spacial score (nSPS) is 10.1. The minimum Gasteiger partial charge on any atom is -0.307 e. The monoisotopic (exact) mass is 255 g/mol. The number of carbonyl (C=O) groups is 1. The first kappa shape index (κ1) is 13.1. The number of hydrogen-bond donors (Lipinski definition) is 2. The lowest BCUT2D eigenvalue weighted by Crippen LogP contribution is -2.20. The molecule has 0 aliphatic carbocycles. The third kappa shape index (κ3) is 3.31. The number of aromatic nitrogens is 1. The summed E-state index contributed by atoms with van der Waals surface area (Å²) in [5, 5.41) is 5.55. The number of anilines is 2. The van der Waals surface area contributed by atoms with E-state index in [9.17, 15) is 4.79 Å². The second-order valence-corrected chi connectivity index (χ2v) is 4.49. The number of nitrogens with zero attached hydrogens (tertiary/aromatic N) is 1. The SMILES string of the molecule is Cc1cccc(NC(=O)Nc2cccc(C)c2C)n1. The Morgan fingerprint density at radius 3 is 2.47 bits per heavy atom. The fraction of sp³-hybridized carbons (Fsp3) is 0.200. The molecule has 0 saturated carbocycles. The molecule has 0 unspecified atom stereocenters. The van der Waals surface area contributed by atoms with Gasteiger partial charge in [0.05, 0.1) is 0 Å². The molecule has 19 heavy (non-hydrogen) atoms. The predicted octanol–water partition coefficient (Wildman–Crippen LogP) is 3.65. The van der Waals surface area contributed by atoms with Crippen LogP contribution in [0.5, 0.6) is 0 Å². The van der Waals surface area contributed by atoms with E-state index in [2.05, 4.69) is 15.6 Å². The van der Waals surface area contributed by atoms with Gasteiger partial charge in [-0.2, -0.15) is 0 Å². The van der Waals surface area contributed by atoms with Gasteiger partial charge >= 0.3 is 6.03 Å². The Balaban J connectivity index is 2.08. The van der Waals surface area contributed by atoms with E-state index in [1.807, 2.05) is 51.1 Å². The summed E-state index contributed by atoms with van der Waals surface area (Å²) in [5.74, 6) is 0.544. The summed E-state index contributed by atoms with van der Waals surface area (Å²) in [6, 6.07) is 11.0. The van der Waals surface area contributed by atoms with E-state index < -0.39 is 0 Å². The number of carbonyl (C=O) groups excluding carboxylic acids is 1. The van der Waals surface area contributed by atoms with Gasteiger partial charge in [0.25, 0.3) is 0 Å². The van der Waals surface area contributed by atoms with Crippen molar-refractivity contribution in [1.29, 1.82) is 0 Å². The Bertz CT molecular complexity index is 608. The van der Waals surface area contributed by atoms with Crippen LogP contribution in [0.4, 0.5) is 16.3 Å². The molecule has 4 nitrogen and oxygen atoms in total. The van der Waals surface area contributed by atoms with Crippen LogP contribution in [0.3, 0.4) is 0 Å². The van der Waals surface area contributed by atoms with E-state index in [1.54, 1.807) is 6.07 Å². The summed E-state index contributed by atoms with van der Waals surface area (Å²) in [4.78, 5) is 16.1. The van der Waals surface area contributed by atoms with Gasteiger partial charge in [0, 0.05) is 11.4 Å². The molecule has 1 aromatic heterocycles. The molecule has 0 radical (unpaired) electrons. The van der Waals surface area contributed by atoms with Crippen molar-refractivity contribution >= 4 is 17.5 Å². The molecule has 0 saturated heterocycles. The lowest BCUT2D eigenvalue weighted by Gasteiger charge is -2.11. The van der Waals surface area contributed by atoms with Crippen molar-refractivity contribution in [3.8, 4) is 0 Å². The molecule has 1 heterocycles. The zero-order chi connectivity index (χ0) is 13.8. The third-order valence-corrected chi connectivity index (χ3v) is 2.98. The average molecular weight is 255 g/mol. The second-order valence-electron chi connectivity index (χ2n) is 4.49. The van der Waals surface area contributed by atoms with E-state index in [0.29, 0.717) is 5.82 Å². The molecule has 0 aliphatic heterocycles. The van der Waals surface area contributed by atoms with Crippen LogP contribution in [0.15, 0.2) is 36.4 Å². The molecular formula is C15H17N3O. The highest BCUT2D eigenvalue weighted by Crippen LogP contribution is 2.18. The standard InChI is InChI=1S/C15H17N3O/c1-10-6-4-8-13(12(10)3)17-15(19)18-14-9-5-7-11(2)16-14/h4-9H,1-3H3,(H2,16,17,18,19). The zero-order valence-electron chi connectivity index (χ0n) is 11.3. The van der Waals surface area contributed by atoms with Crippen molar-refractivity contribution in [2.75, 3.05) is 10.6 Å². The largest absolute Gasteiger partial charge is 0.324 e. The third-order valence-electron chi connectivity index (χ3n) is 2.98. The zero-order valence-corrected chi connectivity index (χ0v) is 11.3. The highest BCUT2D eigenvalue weighted by Gasteiger charge is 2.06. The molecule has 0 spiro atoms. The number of rotatable bonds is 2. The van der Waals surface area contributed by atoms with Crippen molar-refractivity contribution in [1.82, 2.24) is 4.98 Å². The van der Waals surface area contributed by atoms with E-state index in [4.69, 9.17) is 0 Å². The van der Waals surface area contributed by atoms with Gasteiger partial charge in [-0.05, 0) is 50.1 Å². The van der Waals surface area contributed by atoms with Crippen LogP contribution in [0.2, 0.25) is 0 Å². The fourth-order valence-corrected chi connectivity index (χ4v) is 1.77. The first-order chi connectivity index (χ1) is 9.06. The van der Waals surface area contributed by atoms with Gasteiger partial charge in [-0.1, -0.05) is 18.2 Å². The van der Waals surface area contributed by atoms with Crippen molar-refractivity contribution in [3.05, 3.63) is 53.2 Å². The molecule has 98 valence electrons. The van der Waals surface area contributed by atoms with Gasteiger partial charge in [0.2, 0.25) is 0 Å². The van der Waals surface area contributed by atoms with Gasteiger partial charge < -0.3 is 5.32 Å². The molecule has 2 amide bonds. The van der Waals surface area contributed by atoms with Gasteiger partial charge in [0.15, 0.2) is 0 Å². The number of aryl methyl sites for hydroxylation is 2. The second kappa shape index (κ2) is 5.52. The first-order valence-corrected chi connectivity index (χ1v) is 6.14. The molecule has 0 atom stereocenters. The van der Waals surface area contributed by atoms with Crippen LogP contribution >= 0.6 is 0 Å². The Morgan fingerprint density at radius 1 is 1.00 bits per heavy atom. The summed E-state index contributed by atoms with van der Waals surface area (Å²) in [7, 11) is 0. The number of amides is 2. The first-order valence-electron chi connectivity index (χ1n) is 6.14. The number of urea groups is 1. The van der Waals surface area contributed by atoms with Crippen molar-refractivity contribution in [2.45, 2.75) is 20.8 Å². The molecular weight excluding hydrogens is 238 g/mol. The minimum absolute atomic E-state index is 0.285. The van der Waals surface area contributed by atoms with E-state index >= 15 is 0 Å². The van der Waals surface area contributed by atoms with Crippen LogP contribution in [0.1, 0.15) is 16.8 Å². The highest BCUT2D eigenvalue weighted by atomic mass is 16.2. The number of hydrogen-bond acceptors (Lipinski definition) is 2. The smallest absolute Gasteiger partial charge is 0.307 e. The van der Waals surface area contributed by atoms with Crippen LogP contribution < -0.4 is 10.6 Å². The van der Waals surface area contributed by atoms with Gasteiger partial charge in [-0.25, -0.2) is 9.78 Å². The van der Waals surface area contributed by atoms with Crippen molar-refractivity contribution in [2.24, 2.45) is 0 Å². The fourth-order valence-electron chi connectivity index (χ4n) is 1.77. The number of nitrogens with one attached hydrogen (secondary N) is 2. The maximum absolute atomic E-state index is 11.9. The topological polar surface area (TPSA) is 54.0 Å². The van der Waals surface area contributed by atoms with E-state index in [0.717, 1.165) is 22.5 Å². The van der Waals surface area contributed by atoms with Crippen molar-refractivity contribution in [3.63, 3.8) is 0 Å². The number of benzene rings is 1. The summed E-state index contributed by atoms with van der Waals surface area (Å²) in [5.41, 5.74) is 3.89. The summed E-state index contributed by atoms with van der Waals surface area (Å²) >= 11 is 0. The Morgan fingerprint density at radius 2 is 1.74 bits per heavy atom. The van der Waals surface area contributed by atoms with Crippen LogP contribution in [-0.4, -0.2) is 11.0 Å². The molecule has 0 bridgehead atoms.